The van der Waals surface area contributed by atoms with Gasteiger partial charge in [-0.15, -0.1) is 0 Å². The number of carboxylic acids is 1. The largest absolute Gasteiger partial charge is 0.487 e. The van der Waals surface area contributed by atoms with Gasteiger partial charge in [0, 0.05) is 51.3 Å². The van der Waals surface area contributed by atoms with Crippen molar-refractivity contribution >= 4 is 21.9 Å². The number of sulfonamides is 1. The molecule has 3 aromatic rings. The Labute approximate surface area is 253 Å². The fourth-order valence-corrected chi connectivity index (χ4v) is 7.04. The Morgan fingerprint density at radius 2 is 1.67 bits per heavy atom. The summed E-state index contributed by atoms with van der Waals surface area (Å²) < 4.78 is 35.5. The third-order valence-electron chi connectivity index (χ3n) is 7.72. The Morgan fingerprint density at radius 3 is 2.30 bits per heavy atom. The molecule has 0 saturated carbocycles. The number of hydrogen-bond donors (Lipinski definition) is 2. The van der Waals surface area contributed by atoms with Crippen molar-refractivity contribution in [2.75, 3.05) is 40.8 Å². The summed E-state index contributed by atoms with van der Waals surface area (Å²) >= 11 is 0. The summed E-state index contributed by atoms with van der Waals surface area (Å²) in [6.07, 6.45) is -0.458. The first-order chi connectivity index (χ1) is 20.3. The summed E-state index contributed by atoms with van der Waals surface area (Å²) in [6, 6.07) is 18.2. The van der Waals surface area contributed by atoms with Crippen LogP contribution in [0.3, 0.4) is 0 Å². The maximum atomic E-state index is 13.9. The molecule has 1 heterocycles. The minimum Gasteiger partial charge on any atom is -0.487 e. The molecule has 1 aliphatic rings. The SMILES string of the molecule is C[C@@H]1CN([C@H](C)CO)S(=O)(=O)c2ccc(-c3ccc(C(=O)N(C)C)cc3)cc2O[C@H]1CN(C)Cc1ccccc1C(=O)O. The van der Waals surface area contributed by atoms with Crippen LogP contribution in [0, 0.1) is 5.92 Å². The number of fused-ring (bicyclic) bond motifs is 1. The number of rotatable bonds is 9. The van der Waals surface area contributed by atoms with Crippen molar-refractivity contribution < 1.29 is 33.0 Å². The van der Waals surface area contributed by atoms with Crippen LogP contribution in [0.4, 0.5) is 0 Å². The van der Waals surface area contributed by atoms with Crippen LogP contribution >= 0.6 is 0 Å². The summed E-state index contributed by atoms with van der Waals surface area (Å²) in [5, 5.41) is 19.5. The molecule has 0 radical (unpaired) electrons. The van der Waals surface area contributed by atoms with Gasteiger partial charge in [-0.2, -0.15) is 4.31 Å². The molecule has 1 aliphatic heterocycles. The lowest BCUT2D eigenvalue weighted by Crippen LogP contribution is -2.49. The molecule has 11 heteroatoms. The lowest BCUT2D eigenvalue weighted by Gasteiger charge is -2.37. The van der Waals surface area contributed by atoms with Gasteiger partial charge in [0.2, 0.25) is 10.0 Å². The molecule has 0 aromatic heterocycles. The van der Waals surface area contributed by atoms with Gasteiger partial charge >= 0.3 is 5.97 Å². The zero-order valence-electron chi connectivity index (χ0n) is 25.1. The highest BCUT2D eigenvalue weighted by molar-refractivity contribution is 7.89. The number of amides is 1. The Bertz CT molecular complexity index is 1570. The van der Waals surface area contributed by atoms with E-state index >= 15 is 0 Å². The Morgan fingerprint density at radius 1 is 1.02 bits per heavy atom. The third-order valence-corrected chi connectivity index (χ3v) is 9.74. The summed E-state index contributed by atoms with van der Waals surface area (Å²) in [4.78, 5) is 27.5. The number of hydrogen-bond acceptors (Lipinski definition) is 7. The smallest absolute Gasteiger partial charge is 0.336 e. The molecule has 4 rings (SSSR count). The first kappa shape index (κ1) is 32.2. The van der Waals surface area contributed by atoms with E-state index < -0.39 is 28.1 Å². The van der Waals surface area contributed by atoms with E-state index in [1.54, 1.807) is 69.6 Å². The fourth-order valence-electron chi connectivity index (χ4n) is 5.22. The molecule has 3 aromatic carbocycles. The van der Waals surface area contributed by atoms with Crippen LogP contribution in [0.5, 0.6) is 5.75 Å². The topological polar surface area (TPSA) is 128 Å². The van der Waals surface area contributed by atoms with Gasteiger partial charge in [-0.25, -0.2) is 13.2 Å². The van der Waals surface area contributed by atoms with Crippen LogP contribution in [0.15, 0.2) is 71.6 Å². The Balaban J connectivity index is 1.71. The van der Waals surface area contributed by atoms with Crippen LogP contribution in [0.1, 0.15) is 40.1 Å². The molecular formula is C32H39N3O7S. The number of aromatic carboxylic acids is 1. The summed E-state index contributed by atoms with van der Waals surface area (Å²) in [7, 11) is 1.23. The molecule has 0 fully saturated rings. The van der Waals surface area contributed by atoms with Gasteiger partial charge in [0.15, 0.2) is 0 Å². The van der Waals surface area contributed by atoms with E-state index in [0.717, 1.165) is 11.1 Å². The molecule has 0 aliphatic carbocycles. The molecule has 0 bridgehead atoms. The number of ether oxygens (including phenoxy) is 1. The van der Waals surface area contributed by atoms with Crippen LogP contribution in [0.25, 0.3) is 11.1 Å². The zero-order valence-corrected chi connectivity index (χ0v) is 25.9. The maximum Gasteiger partial charge on any atom is 0.336 e. The van der Waals surface area contributed by atoms with Crippen molar-refractivity contribution in [3.63, 3.8) is 0 Å². The molecule has 230 valence electrons. The molecule has 0 saturated heterocycles. The van der Waals surface area contributed by atoms with E-state index in [-0.39, 0.29) is 41.2 Å². The van der Waals surface area contributed by atoms with Crippen LogP contribution < -0.4 is 4.74 Å². The van der Waals surface area contributed by atoms with Crippen molar-refractivity contribution in [2.45, 2.75) is 37.4 Å². The summed E-state index contributed by atoms with van der Waals surface area (Å²) in [5.41, 5.74) is 2.93. The molecule has 10 nitrogen and oxygen atoms in total. The van der Waals surface area contributed by atoms with Gasteiger partial charge in [-0.3, -0.25) is 9.69 Å². The highest BCUT2D eigenvalue weighted by Gasteiger charge is 2.38. The number of carbonyl (C=O) groups is 2. The molecule has 0 spiro atoms. The number of carbonyl (C=O) groups excluding carboxylic acids is 1. The minimum absolute atomic E-state index is 0.00623. The number of aliphatic hydroxyl groups is 1. The fraction of sp³-hybridized carbons (Fsp3) is 0.375. The number of carboxylic acid groups (broad SMARTS) is 1. The summed E-state index contributed by atoms with van der Waals surface area (Å²) in [6.45, 7) is 4.12. The van der Waals surface area contributed by atoms with E-state index in [1.165, 1.54) is 15.3 Å². The van der Waals surface area contributed by atoms with Crippen LogP contribution in [0.2, 0.25) is 0 Å². The van der Waals surface area contributed by atoms with E-state index in [1.807, 2.05) is 31.0 Å². The first-order valence-corrected chi connectivity index (χ1v) is 15.5. The number of benzene rings is 3. The highest BCUT2D eigenvalue weighted by Crippen LogP contribution is 2.36. The monoisotopic (exact) mass is 609 g/mol. The van der Waals surface area contributed by atoms with Crippen molar-refractivity contribution in [3.05, 3.63) is 83.4 Å². The number of likely N-dealkylation sites (N-methyl/N-ethyl adjacent to an activating group) is 1. The molecule has 43 heavy (non-hydrogen) atoms. The maximum absolute atomic E-state index is 13.9. The van der Waals surface area contributed by atoms with Gasteiger partial charge in [-0.05, 0) is 61.0 Å². The number of nitrogens with zero attached hydrogens (tertiary/aromatic N) is 3. The van der Waals surface area contributed by atoms with Gasteiger partial charge < -0.3 is 19.8 Å². The zero-order chi connectivity index (χ0) is 31.5. The van der Waals surface area contributed by atoms with Gasteiger partial charge in [0.1, 0.15) is 16.7 Å². The molecule has 1 amide bonds. The second-order valence-corrected chi connectivity index (χ2v) is 13.2. The van der Waals surface area contributed by atoms with Gasteiger partial charge in [0.05, 0.1) is 12.2 Å². The molecule has 2 N–H and O–H groups in total. The second kappa shape index (κ2) is 13.3. The van der Waals surface area contributed by atoms with E-state index in [4.69, 9.17) is 4.74 Å². The second-order valence-electron chi connectivity index (χ2n) is 11.3. The normalized spacial score (nSPS) is 19.0. The van der Waals surface area contributed by atoms with Crippen molar-refractivity contribution in [2.24, 2.45) is 5.92 Å². The van der Waals surface area contributed by atoms with Crippen LogP contribution in [-0.4, -0.2) is 97.6 Å². The van der Waals surface area contributed by atoms with Crippen molar-refractivity contribution in [1.82, 2.24) is 14.1 Å². The van der Waals surface area contributed by atoms with Crippen molar-refractivity contribution in [3.8, 4) is 16.9 Å². The predicted octanol–water partition coefficient (Wildman–Crippen LogP) is 3.65. The van der Waals surface area contributed by atoms with E-state index in [9.17, 15) is 28.2 Å². The molecule has 0 unspecified atom stereocenters. The summed E-state index contributed by atoms with van der Waals surface area (Å²) in [5.74, 6) is -1.20. The highest BCUT2D eigenvalue weighted by atomic mass is 32.2. The van der Waals surface area contributed by atoms with E-state index in [2.05, 4.69) is 0 Å². The third kappa shape index (κ3) is 7.07. The molecular weight excluding hydrogens is 570 g/mol. The van der Waals surface area contributed by atoms with E-state index in [0.29, 0.717) is 24.2 Å². The van der Waals surface area contributed by atoms with Crippen LogP contribution in [-0.2, 0) is 16.6 Å². The molecule has 3 atom stereocenters. The standard InChI is InChI=1S/C32H39N3O7S/c1-21-17-35(22(2)20-36)43(40,41)30-15-14-25(23-10-12-24(13-11-23)31(37)33(3)4)16-28(30)42-29(21)19-34(5)18-26-8-6-7-9-27(26)32(38)39/h6-16,21-22,29,36H,17-20H2,1-5H3,(H,38,39)/t21-,22-,29+/m1/s1. The Kier molecular flexibility index (Phi) is 9.91. The minimum atomic E-state index is -4.01. The average molecular weight is 610 g/mol. The average Bonchev–Trinajstić information content (AvgIpc) is 2.98. The van der Waals surface area contributed by atoms with Gasteiger partial charge in [0.25, 0.3) is 5.91 Å². The first-order valence-electron chi connectivity index (χ1n) is 14.1. The lowest BCUT2D eigenvalue weighted by molar-refractivity contribution is 0.0686. The number of aliphatic hydroxyl groups excluding tert-OH is 1. The Hall–Kier alpha value is -3.77. The van der Waals surface area contributed by atoms with Gasteiger partial charge in [-0.1, -0.05) is 43.3 Å². The quantitative estimate of drug-likeness (QED) is 0.377. The lowest BCUT2D eigenvalue weighted by atomic mass is 10.0. The predicted molar refractivity (Wildman–Crippen MR) is 164 cm³/mol. The van der Waals surface area contributed by atoms with Crippen molar-refractivity contribution in [1.29, 1.82) is 0 Å².